The van der Waals surface area contributed by atoms with Crippen LogP contribution in [0.3, 0.4) is 0 Å². The van der Waals surface area contributed by atoms with Crippen LogP contribution in [0.5, 0.6) is 5.75 Å². The van der Waals surface area contributed by atoms with E-state index in [1.807, 2.05) is 55.5 Å². The number of ether oxygens (including phenoxy) is 2. The van der Waals surface area contributed by atoms with Gasteiger partial charge in [-0.2, -0.15) is 0 Å². The average Bonchev–Trinajstić information content (AvgIpc) is 3.40. The van der Waals surface area contributed by atoms with Crippen LogP contribution >= 0.6 is 0 Å². The van der Waals surface area contributed by atoms with Gasteiger partial charge in [0.15, 0.2) is 0 Å². The van der Waals surface area contributed by atoms with Crippen LogP contribution < -0.4 is 25.6 Å². The molecule has 3 aromatic rings. The van der Waals surface area contributed by atoms with E-state index in [-0.39, 0.29) is 12.0 Å². The largest absolute Gasteiger partial charge is 0.489 e. The molecule has 8 nitrogen and oxygen atoms in total. The Balaban J connectivity index is 1.27. The Bertz CT molecular complexity index is 1170. The molecule has 3 N–H and O–H groups in total. The number of aryl methyl sites for hydroxylation is 1. The Morgan fingerprint density at radius 1 is 1.11 bits per heavy atom. The van der Waals surface area contributed by atoms with Gasteiger partial charge in [0.25, 0.3) is 5.91 Å². The summed E-state index contributed by atoms with van der Waals surface area (Å²) in [7, 11) is 0. The van der Waals surface area contributed by atoms with Crippen LogP contribution in [0.4, 0.5) is 22.9 Å². The Labute approximate surface area is 205 Å². The van der Waals surface area contributed by atoms with Gasteiger partial charge in [0, 0.05) is 54.5 Å². The second-order valence-corrected chi connectivity index (χ2v) is 8.87. The van der Waals surface area contributed by atoms with Gasteiger partial charge < -0.3 is 30.3 Å². The van der Waals surface area contributed by atoms with Gasteiger partial charge in [-0.15, -0.1) is 0 Å². The summed E-state index contributed by atoms with van der Waals surface area (Å²) in [4.78, 5) is 19.6. The number of hydrogen-bond acceptors (Lipinski definition) is 7. The zero-order chi connectivity index (χ0) is 24.0. The summed E-state index contributed by atoms with van der Waals surface area (Å²) in [5, 5.41) is 9.81. The van der Waals surface area contributed by atoms with E-state index in [1.165, 1.54) is 0 Å². The third kappa shape index (κ3) is 5.90. The van der Waals surface area contributed by atoms with Crippen molar-refractivity contribution in [2.45, 2.75) is 19.4 Å². The van der Waals surface area contributed by atoms with Crippen molar-refractivity contribution in [2.75, 3.05) is 54.9 Å². The molecule has 2 aliphatic heterocycles. The fourth-order valence-corrected chi connectivity index (χ4v) is 4.29. The first-order chi connectivity index (χ1) is 17.1. The number of morpholine rings is 1. The van der Waals surface area contributed by atoms with Crippen LogP contribution in [0.15, 0.2) is 60.8 Å². The number of rotatable bonds is 7. The van der Waals surface area contributed by atoms with Gasteiger partial charge >= 0.3 is 0 Å². The van der Waals surface area contributed by atoms with Gasteiger partial charge in [-0.05, 0) is 61.9 Å². The lowest BCUT2D eigenvalue weighted by molar-refractivity contribution is 0.102. The first-order valence-electron chi connectivity index (χ1n) is 12.1. The van der Waals surface area contributed by atoms with Crippen molar-refractivity contribution in [1.29, 1.82) is 0 Å². The smallest absolute Gasteiger partial charge is 0.255 e. The van der Waals surface area contributed by atoms with Crippen LogP contribution in [-0.4, -0.2) is 56.4 Å². The molecule has 35 heavy (non-hydrogen) atoms. The first kappa shape index (κ1) is 23.1. The minimum absolute atomic E-state index is 0.169. The van der Waals surface area contributed by atoms with Crippen molar-refractivity contribution in [2.24, 2.45) is 0 Å². The van der Waals surface area contributed by atoms with Crippen molar-refractivity contribution < 1.29 is 14.3 Å². The van der Waals surface area contributed by atoms with E-state index in [0.717, 1.165) is 66.8 Å². The van der Waals surface area contributed by atoms with Gasteiger partial charge in [-0.3, -0.25) is 4.79 Å². The minimum atomic E-state index is -0.169. The predicted molar refractivity (Wildman–Crippen MR) is 138 cm³/mol. The minimum Gasteiger partial charge on any atom is -0.489 e. The summed E-state index contributed by atoms with van der Waals surface area (Å²) >= 11 is 0. The SMILES string of the molecule is Cc1ccc(NC(=O)c2ccnc(N3CCOCC3)c2)cc1Nc1cccc(OC2CCNC2)c1. The summed E-state index contributed by atoms with van der Waals surface area (Å²) < 4.78 is 11.5. The Hall–Kier alpha value is -3.62. The molecular formula is C27H31N5O3. The summed E-state index contributed by atoms with van der Waals surface area (Å²) in [5.41, 5.74) is 4.23. The maximum Gasteiger partial charge on any atom is 0.255 e. The molecule has 2 saturated heterocycles. The Morgan fingerprint density at radius 3 is 2.83 bits per heavy atom. The van der Waals surface area contributed by atoms with E-state index >= 15 is 0 Å². The summed E-state index contributed by atoms with van der Waals surface area (Å²) in [6, 6.07) is 17.4. The molecule has 1 aromatic heterocycles. The molecule has 1 atom stereocenters. The highest BCUT2D eigenvalue weighted by Gasteiger charge is 2.17. The van der Waals surface area contributed by atoms with Gasteiger partial charge in [0.2, 0.25) is 0 Å². The molecule has 0 radical (unpaired) electrons. The van der Waals surface area contributed by atoms with Crippen LogP contribution in [0.1, 0.15) is 22.3 Å². The van der Waals surface area contributed by atoms with E-state index in [2.05, 4.69) is 25.8 Å². The number of hydrogen-bond donors (Lipinski definition) is 3. The molecule has 2 fully saturated rings. The van der Waals surface area contributed by atoms with Crippen LogP contribution in [0.2, 0.25) is 0 Å². The van der Waals surface area contributed by atoms with Crippen molar-refractivity contribution in [3.63, 3.8) is 0 Å². The summed E-state index contributed by atoms with van der Waals surface area (Å²) in [6.45, 7) is 6.80. The van der Waals surface area contributed by atoms with Gasteiger partial charge in [0.1, 0.15) is 17.7 Å². The second-order valence-electron chi connectivity index (χ2n) is 8.87. The molecule has 5 rings (SSSR count). The molecule has 0 bridgehead atoms. The van der Waals surface area contributed by atoms with E-state index in [0.29, 0.717) is 18.8 Å². The number of carbonyl (C=O) groups excluding carboxylic acids is 1. The molecule has 1 amide bonds. The number of nitrogens with zero attached hydrogens (tertiary/aromatic N) is 2. The highest BCUT2D eigenvalue weighted by atomic mass is 16.5. The predicted octanol–water partition coefficient (Wildman–Crippen LogP) is 3.96. The average molecular weight is 474 g/mol. The lowest BCUT2D eigenvalue weighted by Crippen LogP contribution is -2.36. The highest BCUT2D eigenvalue weighted by Crippen LogP contribution is 2.27. The number of anilines is 4. The van der Waals surface area contributed by atoms with Gasteiger partial charge in [0.05, 0.1) is 13.2 Å². The molecule has 8 heteroatoms. The maximum absolute atomic E-state index is 13.0. The third-order valence-corrected chi connectivity index (χ3v) is 6.27. The quantitative estimate of drug-likeness (QED) is 0.479. The number of benzene rings is 2. The standard InChI is InChI=1S/C27H31N5O3/c1-19-5-6-22(31-27(33)20-7-10-29-26(15-20)32-11-13-34-14-12-32)17-25(19)30-21-3-2-4-23(16-21)35-24-8-9-28-18-24/h2-7,10,15-17,24,28,30H,8-9,11-14,18H2,1H3,(H,31,33). The molecule has 0 saturated carbocycles. The van der Waals surface area contributed by atoms with E-state index < -0.39 is 0 Å². The van der Waals surface area contributed by atoms with Crippen LogP contribution in [-0.2, 0) is 4.74 Å². The van der Waals surface area contributed by atoms with Crippen LogP contribution in [0.25, 0.3) is 0 Å². The summed E-state index contributed by atoms with van der Waals surface area (Å²) in [5.74, 6) is 1.47. The molecule has 3 heterocycles. The zero-order valence-corrected chi connectivity index (χ0v) is 19.9. The normalized spacial score (nSPS) is 17.7. The lowest BCUT2D eigenvalue weighted by atomic mass is 10.1. The number of pyridine rings is 1. The highest BCUT2D eigenvalue weighted by molar-refractivity contribution is 6.05. The maximum atomic E-state index is 13.0. The third-order valence-electron chi connectivity index (χ3n) is 6.27. The topological polar surface area (TPSA) is 87.8 Å². The molecule has 2 aromatic carbocycles. The number of carbonyl (C=O) groups is 1. The number of nitrogens with one attached hydrogen (secondary N) is 3. The second kappa shape index (κ2) is 10.8. The van der Waals surface area contributed by atoms with Crippen LogP contribution in [0, 0.1) is 6.92 Å². The van der Waals surface area contributed by atoms with Crippen molar-refractivity contribution in [3.05, 3.63) is 71.9 Å². The van der Waals surface area contributed by atoms with Crippen molar-refractivity contribution >= 4 is 28.8 Å². The summed E-state index contributed by atoms with van der Waals surface area (Å²) in [6.07, 6.45) is 2.91. The molecule has 2 aliphatic rings. The Kier molecular flexibility index (Phi) is 7.11. The fourth-order valence-electron chi connectivity index (χ4n) is 4.29. The van der Waals surface area contributed by atoms with Gasteiger partial charge in [-0.1, -0.05) is 12.1 Å². The lowest BCUT2D eigenvalue weighted by Gasteiger charge is -2.27. The molecule has 1 unspecified atom stereocenters. The Morgan fingerprint density at radius 2 is 2.00 bits per heavy atom. The first-order valence-corrected chi connectivity index (χ1v) is 12.1. The van der Waals surface area contributed by atoms with E-state index in [4.69, 9.17) is 9.47 Å². The van der Waals surface area contributed by atoms with E-state index in [1.54, 1.807) is 12.3 Å². The molecule has 0 spiro atoms. The number of aromatic nitrogens is 1. The molecule has 0 aliphatic carbocycles. The van der Waals surface area contributed by atoms with Crippen molar-refractivity contribution in [3.8, 4) is 5.75 Å². The molecule has 182 valence electrons. The van der Waals surface area contributed by atoms with Gasteiger partial charge in [-0.25, -0.2) is 4.98 Å². The zero-order valence-electron chi connectivity index (χ0n) is 19.9. The van der Waals surface area contributed by atoms with Crippen molar-refractivity contribution in [1.82, 2.24) is 10.3 Å². The number of amides is 1. The monoisotopic (exact) mass is 473 g/mol. The fraction of sp³-hybridized carbons (Fsp3) is 0.333. The van der Waals surface area contributed by atoms with E-state index in [9.17, 15) is 4.79 Å². The molecular weight excluding hydrogens is 442 g/mol.